The smallest absolute Gasteiger partial charge is 0.281 e. The van der Waals surface area contributed by atoms with Crippen LogP contribution in [0.25, 0.3) is 10.2 Å². The molecule has 2 aliphatic heterocycles. The van der Waals surface area contributed by atoms with E-state index in [0.717, 1.165) is 35.5 Å². The molecule has 0 aromatic carbocycles. The third-order valence-electron chi connectivity index (χ3n) is 6.01. The predicted molar refractivity (Wildman–Crippen MR) is 114 cm³/mol. The first-order chi connectivity index (χ1) is 13.4. The molecule has 3 N–H and O–H groups in total. The summed E-state index contributed by atoms with van der Waals surface area (Å²) in [6, 6.07) is 0. The number of amides is 1. The average molecular weight is 404 g/mol. The van der Waals surface area contributed by atoms with Crippen LogP contribution in [0.15, 0.2) is 0 Å². The van der Waals surface area contributed by atoms with E-state index in [2.05, 4.69) is 23.7 Å². The first-order valence-corrected chi connectivity index (χ1v) is 11.1. The molecule has 0 saturated carbocycles. The summed E-state index contributed by atoms with van der Waals surface area (Å²) in [4.78, 5) is 22.6. The van der Waals surface area contributed by atoms with Gasteiger partial charge in [-0.2, -0.15) is 0 Å². The molecule has 0 bridgehead atoms. The third kappa shape index (κ3) is 3.14. The molecule has 152 valence electrons. The number of rotatable bonds is 4. The van der Waals surface area contributed by atoms with Gasteiger partial charge in [-0.05, 0) is 46.1 Å². The largest absolute Gasteiger partial charge is 0.397 e. The number of pyridine rings is 1. The van der Waals surface area contributed by atoms with Gasteiger partial charge >= 0.3 is 0 Å². The number of aromatic amines is 1. The Hall–Kier alpha value is -1.86. The van der Waals surface area contributed by atoms with Gasteiger partial charge in [0.25, 0.3) is 11.7 Å². The molecule has 2 aromatic rings. The average Bonchev–Trinajstić information content (AvgIpc) is 3.29. The minimum Gasteiger partial charge on any atom is -0.397 e. The van der Waals surface area contributed by atoms with Crippen molar-refractivity contribution in [3.8, 4) is 0 Å². The van der Waals surface area contributed by atoms with Crippen molar-refractivity contribution in [2.75, 3.05) is 36.8 Å². The molecule has 0 unspecified atom stereocenters. The molecular weight excluding hydrogens is 372 g/mol. The van der Waals surface area contributed by atoms with Crippen LogP contribution in [0.4, 0.5) is 11.5 Å². The summed E-state index contributed by atoms with van der Waals surface area (Å²) in [5, 5.41) is 1.02. The van der Waals surface area contributed by atoms with E-state index in [4.69, 9.17) is 10.5 Å². The van der Waals surface area contributed by atoms with Crippen molar-refractivity contribution >= 4 is 39.0 Å². The van der Waals surface area contributed by atoms with Crippen LogP contribution in [-0.4, -0.2) is 42.6 Å². The Kier molecular flexibility index (Phi) is 5.00. The van der Waals surface area contributed by atoms with Gasteiger partial charge in [0, 0.05) is 19.5 Å². The van der Waals surface area contributed by atoms with Crippen molar-refractivity contribution in [3.05, 3.63) is 16.0 Å². The zero-order valence-corrected chi connectivity index (χ0v) is 18.2. The SMILES string of the molecule is CCN(CC)C(=O)c1sc2[nH+]c(N3CCCC3)c3c(c2c1N)CC(C)(C)OC3. The number of thiophene rings is 1. The molecule has 2 aromatic heterocycles. The monoisotopic (exact) mass is 403 g/mol. The summed E-state index contributed by atoms with van der Waals surface area (Å²) in [6.07, 6.45) is 3.23. The first-order valence-electron chi connectivity index (χ1n) is 10.3. The number of anilines is 2. The van der Waals surface area contributed by atoms with Gasteiger partial charge in [0.1, 0.15) is 4.88 Å². The number of nitrogens with one attached hydrogen (secondary N) is 1. The highest BCUT2D eigenvalue weighted by atomic mass is 32.1. The number of hydrogen-bond donors (Lipinski definition) is 1. The molecule has 28 heavy (non-hydrogen) atoms. The Morgan fingerprint density at radius 3 is 2.57 bits per heavy atom. The van der Waals surface area contributed by atoms with Crippen molar-refractivity contribution in [1.82, 2.24) is 4.90 Å². The van der Waals surface area contributed by atoms with E-state index < -0.39 is 0 Å². The predicted octanol–water partition coefficient (Wildman–Crippen LogP) is 3.23. The highest BCUT2D eigenvalue weighted by Gasteiger charge is 2.37. The summed E-state index contributed by atoms with van der Waals surface area (Å²) in [5.41, 5.74) is 9.43. The normalized spacial score (nSPS) is 18.5. The van der Waals surface area contributed by atoms with Crippen LogP contribution in [0.1, 0.15) is 61.3 Å². The summed E-state index contributed by atoms with van der Waals surface area (Å²) < 4.78 is 6.15. The third-order valence-corrected chi connectivity index (χ3v) is 7.11. The van der Waals surface area contributed by atoms with Gasteiger partial charge in [-0.15, -0.1) is 0 Å². The number of nitrogens with zero attached hydrogens (tertiary/aromatic N) is 2. The highest BCUT2D eigenvalue weighted by Crippen LogP contribution is 2.42. The van der Waals surface area contributed by atoms with E-state index in [0.29, 0.717) is 30.3 Å². The van der Waals surface area contributed by atoms with Crippen LogP contribution in [-0.2, 0) is 17.8 Å². The number of nitrogen functional groups attached to an aromatic ring is 1. The Morgan fingerprint density at radius 1 is 1.25 bits per heavy atom. The van der Waals surface area contributed by atoms with Crippen molar-refractivity contribution in [2.45, 2.75) is 59.2 Å². The minimum absolute atomic E-state index is 0.0277. The zero-order valence-electron chi connectivity index (χ0n) is 17.4. The molecule has 0 spiro atoms. The fourth-order valence-electron chi connectivity index (χ4n) is 4.43. The van der Waals surface area contributed by atoms with Crippen molar-refractivity contribution in [3.63, 3.8) is 0 Å². The van der Waals surface area contributed by atoms with E-state index in [1.165, 1.54) is 35.3 Å². The van der Waals surface area contributed by atoms with Gasteiger partial charge in [-0.1, -0.05) is 11.3 Å². The Bertz CT molecular complexity index is 911. The van der Waals surface area contributed by atoms with E-state index in [1.807, 2.05) is 18.7 Å². The Morgan fingerprint density at radius 2 is 1.93 bits per heavy atom. The molecule has 0 aliphatic carbocycles. The standard InChI is InChI=1S/C21H30N4O2S/c1-5-24(6-2)20(26)17-16(22)15-13-11-21(3,4)27-12-14(13)18(23-19(15)28-17)25-9-7-8-10-25/h5-12,22H2,1-4H3/p+1. The lowest BCUT2D eigenvalue weighted by Crippen LogP contribution is -2.36. The van der Waals surface area contributed by atoms with Gasteiger partial charge < -0.3 is 15.4 Å². The molecule has 2 aliphatic rings. The fourth-order valence-corrected chi connectivity index (χ4v) is 5.54. The highest BCUT2D eigenvalue weighted by molar-refractivity contribution is 7.20. The molecule has 1 amide bonds. The number of fused-ring (bicyclic) bond motifs is 3. The van der Waals surface area contributed by atoms with Crippen LogP contribution in [0.3, 0.4) is 0 Å². The first kappa shape index (κ1) is 19.5. The number of carbonyl (C=O) groups is 1. The lowest BCUT2D eigenvalue weighted by Gasteiger charge is -2.32. The fraction of sp³-hybridized carbons (Fsp3) is 0.619. The lowest BCUT2D eigenvalue weighted by atomic mass is 9.89. The van der Waals surface area contributed by atoms with E-state index in [1.54, 1.807) is 0 Å². The number of H-pyrrole nitrogens is 1. The molecule has 1 saturated heterocycles. The number of aromatic nitrogens is 1. The maximum Gasteiger partial charge on any atom is 0.281 e. The van der Waals surface area contributed by atoms with Crippen LogP contribution < -0.4 is 15.6 Å². The van der Waals surface area contributed by atoms with Crippen molar-refractivity contribution in [2.24, 2.45) is 0 Å². The number of carbonyl (C=O) groups excluding carboxylic acids is 1. The molecule has 0 radical (unpaired) electrons. The van der Waals surface area contributed by atoms with Crippen molar-refractivity contribution in [1.29, 1.82) is 0 Å². The van der Waals surface area contributed by atoms with Gasteiger partial charge in [-0.3, -0.25) is 9.69 Å². The summed E-state index contributed by atoms with van der Waals surface area (Å²) >= 11 is 1.50. The molecular formula is C21H31N4O2S+. The van der Waals surface area contributed by atoms with Crippen molar-refractivity contribution < 1.29 is 14.5 Å². The number of hydrogen-bond acceptors (Lipinski definition) is 5. The van der Waals surface area contributed by atoms with Crippen LogP contribution in [0, 0.1) is 0 Å². The Balaban J connectivity index is 1.92. The molecule has 1 fully saturated rings. The second-order valence-electron chi connectivity index (χ2n) is 8.38. The van der Waals surface area contributed by atoms with Crippen LogP contribution in [0.2, 0.25) is 0 Å². The van der Waals surface area contributed by atoms with E-state index in [-0.39, 0.29) is 11.5 Å². The Labute approximate surface area is 170 Å². The van der Waals surface area contributed by atoms with Crippen LogP contribution in [0.5, 0.6) is 0 Å². The molecule has 4 heterocycles. The maximum absolute atomic E-state index is 13.0. The number of nitrogens with two attached hydrogens (primary N) is 1. The van der Waals surface area contributed by atoms with Crippen LogP contribution >= 0.6 is 11.3 Å². The molecule has 4 rings (SSSR count). The number of ether oxygens (including phenoxy) is 1. The second-order valence-corrected chi connectivity index (χ2v) is 9.40. The summed E-state index contributed by atoms with van der Waals surface area (Å²) in [6.45, 7) is 12.3. The van der Waals surface area contributed by atoms with Gasteiger partial charge in [0.2, 0.25) is 0 Å². The molecule has 7 heteroatoms. The van der Waals surface area contributed by atoms with E-state index >= 15 is 0 Å². The van der Waals surface area contributed by atoms with Gasteiger partial charge in [0.15, 0.2) is 4.83 Å². The quantitative estimate of drug-likeness (QED) is 0.851. The van der Waals surface area contributed by atoms with E-state index in [9.17, 15) is 4.79 Å². The lowest BCUT2D eigenvalue weighted by molar-refractivity contribution is -0.328. The van der Waals surface area contributed by atoms with Gasteiger partial charge in [0.05, 0.1) is 41.9 Å². The second kappa shape index (κ2) is 7.19. The zero-order chi connectivity index (χ0) is 20.1. The topological polar surface area (TPSA) is 72.9 Å². The molecule has 0 atom stereocenters. The minimum atomic E-state index is -0.235. The summed E-state index contributed by atoms with van der Waals surface area (Å²) in [5.74, 6) is 1.18. The summed E-state index contributed by atoms with van der Waals surface area (Å²) in [7, 11) is 0. The van der Waals surface area contributed by atoms with Gasteiger partial charge in [-0.25, -0.2) is 4.98 Å². The molecule has 6 nitrogen and oxygen atoms in total. The maximum atomic E-state index is 13.0.